The number of nitrogens with zero attached hydrogens (tertiary/aromatic N) is 1. The summed E-state index contributed by atoms with van der Waals surface area (Å²) in [6, 6.07) is 11.7. The zero-order chi connectivity index (χ0) is 15.1. The van der Waals surface area contributed by atoms with E-state index in [4.69, 9.17) is 10.4 Å². The Kier molecular flexibility index (Phi) is 13.3. The molecule has 3 heteroatoms. The van der Waals surface area contributed by atoms with Crippen molar-refractivity contribution in [2.75, 3.05) is 0 Å². The van der Waals surface area contributed by atoms with E-state index < -0.39 is 5.97 Å². The van der Waals surface area contributed by atoms with E-state index in [1.807, 2.05) is 36.4 Å². The summed E-state index contributed by atoms with van der Waals surface area (Å²) in [5, 5.41) is 15.6. The monoisotopic (exact) mass is 257 g/mol. The highest BCUT2D eigenvalue weighted by Crippen LogP contribution is 1.97. The summed E-state index contributed by atoms with van der Waals surface area (Å²) < 4.78 is 0. The van der Waals surface area contributed by atoms with E-state index >= 15 is 0 Å². The van der Waals surface area contributed by atoms with Gasteiger partial charge in [-0.1, -0.05) is 63.1 Å². The Balaban J connectivity index is 0. The molecule has 0 fully saturated rings. The number of carbonyl (C=O) groups is 1. The molecule has 100 valence electrons. The highest BCUT2D eigenvalue weighted by molar-refractivity contribution is 5.85. The zero-order valence-electron chi connectivity index (χ0n) is 11.2. The van der Waals surface area contributed by atoms with Crippen molar-refractivity contribution in [3.8, 4) is 6.07 Å². The molecule has 1 rings (SSSR count). The van der Waals surface area contributed by atoms with Gasteiger partial charge in [0.1, 0.15) is 0 Å². The molecule has 0 spiro atoms. The maximum atomic E-state index is 9.83. The Labute approximate surface area is 114 Å². The van der Waals surface area contributed by atoms with E-state index in [1.165, 1.54) is 11.6 Å². The quantitative estimate of drug-likeness (QED) is 0.656. The SMILES string of the molecule is C=C(CC)C(=O)O.C=CC#N.C=Cc1ccccc1. The Morgan fingerprint density at radius 1 is 1.37 bits per heavy atom. The Morgan fingerprint density at radius 2 is 1.84 bits per heavy atom. The van der Waals surface area contributed by atoms with Crippen LogP contribution in [0, 0.1) is 11.3 Å². The lowest BCUT2D eigenvalue weighted by molar-refractivity contribution is -0.132. The molecular formula is C16H19NO2. The van der Waals surface area contributed by atoms with Gasteiger partial charge in [0.05, 0.1) is 6.07 Å². The predicted molar refractivity (Wildman–Crippen MR) is 79.4 cm³/mol. The van der Waals surface area contributed by atoms with Crippen molar-refractivity contribution in [3.63, 3.8) is 0 Å². The van der Waals surface area contributed by atoms with Crippen LogP contribution >= 0.6 is 0 Å². The topological polar surface area (TPSA) is 61.1 Å². The molecule has 0 heterocycles. The summed E-state index contributed by atoms with van der Waals surface area (Å²) in [5.74, 6) is -0.900. The van der Waals surface area contributed by atoms with Crippen LogP contribution in [0.1, 0.15) is 18.9 Å². The second kappa shape index (κ2) is 13.5. The maximum Gasteiger partial charge on any atom is 0.330 e. The first kappa shape index (κ1) is 18.8. The van der Waals surface area contributed by atoms with Gasteiger partial charge in [0.15, 0.2) is 0 Å². The Bertz CT molecular complexity index is 442. The molecule has 0 aliphatic carbocycles. The lowest BCUT2D eigenvalue weighted by atomic mass is 10.2. The summed E-state index contributed by atoms with van der Waals surface area (Å²) in [6.07, 6.45) is 3.54. The van der Waals surface area contributed by atoms with Crippen LogP contribution in [0.3, 0.4) is 0 Å². The van der Waals surface area contributed by atoms with Gasteiger partial charge >= 0.3 is 5.97 Å². The van der Waals surface area contributed by atoms with Crippen LogP contribution in [0.25, 0.3) is 6.08 Å². The van der Waals surface area contributed by atoms with Crippen molar-refractivity contribution < 1.29 is 9.90 Å². The molecule has 0 saturated heterocycles. The van der Waals surface area contributed by atoms with Crippen LogP contribution in [0.2, 0.25) is 0 Å². The lowest BCUT2D eigenvalue weighted by Crippen LogP contribution is -1.95. The molecule has 1 aromatic carbocycles. The Hall–Kier alpha value is -2.60. The molecule has 0 bridgehead atoms. The standard InChI is InChI=1S/C8H8.C5H8O2.C3H3N/c1-2-8-6-4-3-5-7-8;1-3-4(2)5(6)7;1-2-3-4/h2-7H,1H2;2-3H2,1H3,(H,6,7);2H,1H2. The molecule has 0 amide bonds. The highest BCUT2D eigenvalue weighted by Gasteiger charge is 1.96. The minimum Gasteiger partial charge on any atom is -0.478 e. The fourth-order valence-electron chi connectivity index (χ4n) is 0.740. The molecule has 0 radical (unpaired) electrons. The van der Waals surface area contributed by atoms with Crippen LogP contribution in [-0.4, -0.2) is 11.1 Å². The first-order valence-corrected chi connectivity index (χ1v) is 5.62. The minimum absolute atomic E-state index is 0.264. The van der Waals surface area contributed by atoms with Gasteiger partial charge in [0.2, 0.25) is 0 Å². The van der Waals surface area contributed by atoms with Gasteiger partial charge in [-0.2, -0.15) is 5.26 Å². The fraction of sp³-hybridized carbons (Fsp3) is 0.125. The fourth-order valence-corrected chi connectivity index (χ4v) is 0.740. The van der Waals surface area contributed by atoms with Gasteiger partial charge in [-0.15, -0.1) is 0 Å². The third-order valence-corrected chi connectivity index (χ3v) is 1.86. The number of allylic oxidation sites excluding steroid dienone is 1. The van der Waals surface area contributed by atoms with Gasteiger partial charge in [-0.3, -0.25) is 0 Å². The van der Waals surface area contributed by atoms with Crippen LogP contribution in [0.4, 0.5) is 0 Å². The van der Waals surface area contributed by atoms with E-state index in [1.54, 1.807) is 13.0 Å². The van der Waals surface area contributed by atoms with Crippen LogP contribution < -0.4 is 0 Å². The molecule has 19 heavy (non-hydrogen) atoms. The largest absolute Gasteiger partial charge is 0.478 e. The first-order valence-electron chi connectivity index (χ1n) is 5.62. The molecule has 0 aromatic heterocycles. The third kappa shape index (κ3) is 13.3. The maximum absolute atomic E-state index is 9.83. The molecule has 1 N–H and O–H groups in total. The van der Waals surface area contributed by atoms with E-state index in [-0.39, 0.29) is 5.57 Å². The zero-order valence-corrected chi connectivity index (χ0v) is 11.2. The summed E-state index contributed by atoms with van der Waals surface area (Å²) >= 11 is 0. The molecule has 0 aliphatic rings. The molecule has 3 nitrogen and oxygen atoms in total. The molecule has 0 aliphatic heterocycles. The van der Waals surface area contributed by atoms with E-state index in [2.05, 4.69) is 19.7 Å². The number of rotatable bonds is 3. The highest BCUT2D eigenvalue weighted by atomic mass is 16.4. The number of aliphatic carboxylic acids is 1. The number of carboxylic acid groups (broad SMARTS) is 1. The summed E-state index contributed by atoms with van der Waals surface area (Å²) in [6.45, 7) is 11.8. The first-order chi connectivity index (χ1) is 9.03. The summed E-state index contributed by atoms with van der Waals surface area (Å²) in [5.41, 5.74) is 1.44. The van der Waals surface area contributed by atoms with Crippen molar-refractivity contribution in [2.45, 2.75) is 13.3 Å². The van der Waals surface area contributed by atoms with E-state index in [0.29, 0.717) is 6.42 Å². The van der Waals surface area contributed by atoms with Gasteiger partial charge < -0.3 is 5.11 Å². The summed E-state index contributed by atoms with van der Waals surface area (Å²) in [4.78, 5) is 9.83. The van der Waals surface area contributed by atoms with E-state index in [0.717, 1.165) is 0 Å². The summed E-state index contributed by atoms with van der Waals surface area (Å²) in [7, 11) is 0. The number of carboxylic acids is 1. The Morgan fingerprint density at radius 3 is 2.00 bits per heavy atom. The van der Waals surface area contributed by atoms with Crippen molar-refractivity contribution in [1.82, 2.24) is 0 Å². The van der Waals surface area contributed by atoms with Crippen LogP contribution in [0.5, 0.6) is 0 Å². The van der Waals surface area contributed by atoms with Crippen LogP contribution in [0.15, 0.2) is 61.7 Å². The number of benzene rings is 1. The van der Waals surface area contributed by atoms with Crippen molar-refractivity contribution in [2.24, 2.45) is 0 Å². The normalized spacial score (nSPS) is 7.37. The lowest BCUT2D eigenvalue weighted by Gasteiger charge is -1.87. The van der Waals surface area contributed by atoms with Gasteiger partial charge in [0, 0.05) is 11.6 Å². The number of hydrogen-bond acceptors (Lipinski definition) is 2. The van der Waals surface area contributed by atoms with Crippen LogP contribution in [-0.2, 0) is 4.79 Å². The molecule has 0 saturated carbocycles. The second-order valence-electron chi connectivity index (χ2n) is 3.21. The predicted octanol–water partition coefficient (Wildman–Crippen LogP) is 4.06. The van der Waals surface area contributed by atoms with Gasteiger partial charge in [-0.25, -0.2) is 4.79 Å². The van der Waals surface area contributed by atoms with E-state index in [9.17, 15) is 4.79 Å². The smallest absolute Gasteiger partial charge is 0.330 e. The average molecular weight is 257 g/mol. The molecule has 1 aromatic rings. The number of nitriles is 1. The molecular weight excluding hydrogens is 238 g/mol. The number of hydrogen-bond donors (Lipinski definition) is 1. The third-order valence-electron chi connectivity index (χ3n) is 1.86. The minimum atomic E-state index is -0.900. The van der Waals surface area contributed by atoms with Crippen molar-refractivity contribution in [1.29, 1.82) is 5.26 Å². The molecule has 0 unspecified atom stereocenters. The van der Waals surface area contributed by atoms with Gasteiger partial charge in [-0.05, 0) is 12.0 Å². The average Bonchev–Trinajstić information content (AvgIpc) is 2.48. The van der Waals surface area contributed by atoms with Gasteiger partial charge in [0.25, 0.3) is 0 Å². The molecule has 0 atom stereocenters. The second-order valence-corrected chi connectivity index (χ2v) is 3.21. The van der Waals surface area contributed by atoms with Crippen molar-refractivity contribution in [3.05, 3.63) is 67.3 Å². The van der Waals surface area contributed by atoms with Crippen molar-refractivity contribution >= 4 is 12.0 Å².